The van der Waals surface area contributed by atoms with Gasteiger partial charge in [0.2, 0.25) is 15.9 Å². The summed E-state index contributed by atoms with van der Waals surface area (Å²) in [4.78, 5) is 28.8. The van der Waals surface area contributed by atoms with Crippen LogP contribution in [0.4, 0.5) is 10.1 Å². The van der Waals surface area contributed by atoms with Crippen molar-refractivity contribution < 1.29 is 17.6 Å². The van der Waals surface area contributed by atoms with Gasteiger partial charge < -0.3 is 5.32 Å². The van der Waals surface area contributed by atoms with Crippen molar-refractivity contribution in [1.29, 1.82) is 0 Å². The molecule has 0 atom stereocenters. The van der Waals surface area contributed by atoms with Crippen molar-refractivity contribution >= 4 is 32.5 Å². The number of hydrogen-bond donors (Lipinski definition) is 2. The number of nitrogens with one attached hydrogen (secondary N) is 2. The molecule has 0 radical (unpaired) electrons. The molecule has 30 heavy (non-hydrogen) atoms. The van der Waals surface area contributed by atoms with Crippen LogP contribution in [0.25, 0.3) is 10.9 Å². The molecule has 8 nitrogen and oxygen atoms in total. The Labute approximate surface area is 172 Å². The second-order valence-electron chi connectivity index (χ2n) is 6.48. The molecule has 3 rings (SSSR count). The smallest absolute Gasteiger partial charge is 0.261 e. The number of anilines is 1. The zero-order valence-corrected chi connectivity index (χ0v) is 16.7. The van der Waals surface area contributed by atoms with Crippen LogP contribution in [-0.2, 0) is 27.1 Å². The van der Waals surface area contributed by atoms with E-state index in [9.17, 15) is 22.4 Å². The van der Waals surface area contributed by atoms with Crippen molar-refractivity contribution in [3.63, 3.8) is 0 Å². The molecule has 0 saturated heterocycles. The average molecular weight is 430 g/mol. The lowest BCUT2D eigenvalue weighted by atomic mass is 10.2. The molecular formula is C20H19FN4O4S. The molecule has 2 aromatic carbocycles. The predicted molar refractivity (Wildman–Crippen MR) is 112 cm³/mol. The van der Waals surface area contributed by atoms with E-state index in [1.54, 1.807) is 24.3 Å². The summed E-state index contributed by atoms with van der Waals surface area (Å²) in [5, 5.41) is 2.71. The maximum Gasteiger partial charge on any atom is 0.261 e. The van der Waals surface area contributed by atoms with Crippen molar-refractivity contribution in [2.45, 2.75) is 12.3 Å². The molecule has 0 fully saturated rings. The Kier molecular flexibility index (Phi) is 6.38. The van der Waals surface area contributed by atoms with Crippen LogP contribution in [0.15, 0.2) is 66.2 Å². The first-order valence-electron chi connectivity index (χ1n) is 8.89. The normalized spacial score (nSPS) is 11.4. The fraction of sp³-hybridized carbons (Fsp3) is 0.150. The van der Waals surface area contributed by atoms with Crippen LogP contribution in [0.3, 0.4) is 0 Å². The van der Waals surface area contributed by atoms with E-state index in [-0.39, 0.29) is 24.2 Å². The molecule has 3 aromatic rings. The Hall–Kier alpha value is -3.37. The highest BCUT2D eigenvalue weighted by atomic mass is 32.2. The lowest BCUT2D eigenvalue weighted by Crippen LogP contribution is -2.28. The lowest BCUT2D eigenvalue weighted by Gasteiger charge is -2.09. The molecule has 0 saturated carbocycles. The summed E-state index contributed by atoms with van der Waals surface area (Å²) < 4.78 is 40.6. The number of carbonyl (C=O) groups is 1. The maximum absolute atomic E-state index is 13.4. The van der Waals surface area contributed by atoms with E-state index in [1.807, 2.05) is 0 Å². The summed E-state index contributed by atoms with van der Waals surface area (Å²) in [7, 11) is -3.48. The Morgan fingerprint density at radius 3 is 2.63 bits per heavy atom. The van der Waals surface area contributed by atoms with Gasteiger partial charge in [-0.1, -0.05) is 18.2 Å². The third kappa shape index (κ3) is 5.37. The van der Waals surface area contributed by atoms with E-state index >= 15 is 0 Å². The standard InChI is InChI=1S/C20H19FN4O4S/c1-2-9-23-30(28,29)12-14-3-6-16(7-4-14)24-19(26)11-25-13-22-18-8-5-15(21)10-17(18)20(25)27/h2-8,10,13,23H,1,9,11-12H2,(H,24,26). The fourth-order valence-corrected chi connectivity index (χ4v) is 3.84. The van der Waals surface area contributed by atoms with Crippen LogP contribution >= 0.6 is 0 Å². The number of rotatable bonds is 8. The second kappa shape index (κ2) is 8.97. The maximum atomic E-state index is 13.4. The van der Waals surface area contributed by atoms with E-state index in [1.165, 1.54) is 24.5 Å². The lowest BCUT2D eigenvalue weighted by molar-refractivity contribution is -0.116. The van der Waals surface area contributed by atoms with Gasteiger partial charge in [-0.3, -0.25) is 14.2 Å². The Bertz CT molecular complexity index is 1250. The van der Waals surface area contributed by atoms with Crippen molar-refractivity contribution in [3.05, 3.63) is 83.2 Å². The van der Waals surface area contributed by atoms with Crippen LogP contribution in [0, 0.1) is 5.82 Å². The van der Waals surface area contributed by atoms with Gasteiger partial charge in [-0.05, 0) is 35.9 Å². The summed E-state index contributed by atoms with van der Waals surface area (Å²) in [6.45, 7) is 3.29. The van der Waals surface area contributed by atoms with E-state index in [2.05, 4.69) is 21.6 Å². The molecule has 10 heteroatoms. The average Bonchev–Trinajstić information content (AvgIpc) is 2.70. The second-order valence-corrected chi connectivity index (χ2v) is 8.29. The van der Waals surface area contributed by atoms with Gasteiger partial charge in [-0.25, -0.2) is 22.5 Å². The topological polar surface area (TPSA) is 110 Å². The van der Waals surface area contributed by atoms with Crippen molar-refractivity contribution in [3.8, 4) is 0 Å². The number of carbonyl (C=O) groups excluding carboxylic acids is 1. The quantitative estimate of drug-likeness (QED) is 0.530. The number of halogens is 1. The number of amides is 1. The number of hydrogen-bond acceptors (Lipinski definition) is 5. The predicted octanol–water partition coefficient (Wildman–Crippen LogP) is 1.78. The van der Waals surface area contributed by atoms with Crippen LogP contribution in [0.1, 0.15) is 5.56 Å². The minimum atomic E-state index is -3.48. The largest absolute Gasteiger partial charge is 0.325 e. The van der Waals surface area contributed by atoms with Gasteiger partial charge in [0, 0.05) is 12.2 Å². The highest BCUT2D eigenvalue weighted by Crippen LogP contribution is 2.12. The molecule has 1 heterocycles. The molecule has 1 aromatic heterocycles. The molecule has 0 bridgehead atoms. The number of sulfonamides is 1. The highest BCUT2D eigenvalue weighted by molar-refractivity contribution is 7.88. The van der Waals surface area contributed by atoms with Crippen LogP contribution in [-0.4, -0.2) is 30.4 Å². The number of benzene rings is 2. The Balaban J connectivity index is 1.67. The molecule has 0 aliphatic heterocycles. The van der Waals surface area contributed by atoms with Gasteiger partial charge in [0.1, 0.15) is 12.4 Å². The first kappa shape index (κ1) is 21.3. The monoisotopic (exact) mass is 430 g/mol. The summed E-state index contributed by atoms with van der Waals surface area (Å²) in [5.41, 5.74) is 0.794. The Morgan fingerprint density at radius 1 is 1.20 bits per heavy atom. The van der Waals surface area contributed by atoms with E-state index in [4.69, 9.17) is 0 Å². The van der Waals surface area contributed by atoms with Crippen molar-refractivity contribution in [1.82, 2.24) is 14.3 Å². The third-order valence-corrected chi connectivity index (χ3v) is 5.46. The molecule has 0 aliphatic rings. The Morgan fingerprint density at radius 2 is 1.93 bits per heavy atom. The SMILES string of the molecule is C=CCNS(=O)(=O)Cc1ccc(NC(=O)Cn2cnc3ccc(F)cc3c2=O)cc1. The first-order valence-corrected chi connectivity index (χ1v) is 10.5. The molecule has 1 amide bonds. The number of nitrogens with zero attached hydrogens (tertiary/aromatic N) is 2. The zero-order valence-electron chi connectivity index (χ0n) is 15.8. The minimum absolute atomic E-state index is 0.0842. The summed E-state index contributed by atoms with van der Waals surface area (Å²) in [5.74, 6) is -1.25. The molecule has 0 spiro atoms. The van der Waals surface area contributed by atoms with Gasteiger partial charge in [-0.15, -0.1) is 6.58 Å². The minimum Gasteiger partial charge on any atom is -0.325 e. The van der Waals surface area contributed by atoms with Gasteiger partial charge in [0.25, 0.3) is 5.56 Å². The first-order chi connectivity index (χ1) is 14.3. The van der Waals surface area contributed by atoms with E-state index < -0.39 is 27.3 Å². The van der Waals surface area contributed by atoms with Gasteiger partial charge in [-0.2, -0.15) is 0 Å². The molecular weight excluding hydrogens is 411 g/mol. The molecule has 0 unspecified atom stereocenters. The zero-order chi connectivity index (χ0) is 21.7. The molecule has 0 aliphatic carbocycles. The van der Waals surface area contributed by atoms with Gasteiger partial charge >= 0.3 is 0 Å². The molecule has 156 valence electrons. The number of aromatic nitrogens is 2. The van der Waals surface area contributed by atoms with Crippen LogP contribution in [0.2, 0.25) is 0 Å². The summed E-state index contributed by atoms with van der Waals surface area (Å²) in [6, 6.07) is 9.96. The highest BCUT2D eigenvalue weighted by Gasteiger charge is 2.12. The summed E-state index contributed by atoms with van der Waals surface area (Å²) in [6.07, 6.45) is 2.68. The van der Waals surface area contributed by atoms with Gasteiger partial charge in [0.15, 0.2) is 0 Å². The van der Waals surface area contributed by atoms with Crippen LogP contribution < -0.4 is 15.6 Å². The van der Waals surface area contributed by atoms with Crippen LogP contribution in [0.5, 0.6) is 0 Å². The van der Waals surface area contributed by atoms with Crippen molar-refractivity contribution in [2.75, 3.05) is 11.9 Å². The van der Waals surface area contributed by atoms with E-state index in [0.29, 0.717) is 16.8 Å². The third-order valence-electron chi connectivity index (χ3n) is 4.14. The fourth-order valence-electron chi connectivity index (χ4n) is 2.74. The van der Waals surface area contributed by atoms with E-state index in [0.717, 1.165) is 10.6 Å². The number of fused-ring (bicyclic) bond motifs is 1. The molecule has 2 N–H and O–H groups in total. The van der Waals surface area contributed by atoms with Crippen molar-refractivity contribution in [2.24, 2.45) is 0 Å². The van der Waals surface area contributed by atoms with Gasteiger partial charge in [0.05, 0.1) is 23.0 Å². The summed E-state index contributed by atoms with van der Waals surface area (Å²) >= 11 is 0.